The lowest BCUT2D eigenvalue weighted by Gasteiger charge is -2.11. The van der Waals surface area contributed by atoms with Crippen LogP contribution in [0.5, 0.6) is 0 Å². The van der Waals surface area contributed by atoms with Crippen molar-refractivity contribution in [2.75, 3.05) is 5.32 Å². The van der Waals surface area contributed by atoms with E-state index in [2.05, 4.69) is 10.4 Å². The van der Waals surface area contributed by atoms with E-state index in [1.54, 1.807) is 24.3 Å². The molecule has 8 nitrogen and oxygen atoms in total. The van der Waals surface area contributed by atoms with Crippen LogP contribution in [0.1, 0.15) is 24.5 Å². The number of nitrogens with zero attached hydrogens (tertiary/aromatic N) is 3. The number of carbonyl (C=O) groups excluding carboxylic acids is 1. The lowest BCUT2D eigenvalue weighted by Crippen LogP contribution is -2.31. The summed E-state index contributed by atoms with van der Waals surface area (Å²) in [4.78, 5) is 25.2. The highest BCUT2D eigenvalue weighted by atomic mass is 35.5. The second kappa shape index (κ2) is 7.05. The van der Waals surface area contributed by atoms with Crippen LogP contribution < -0.4 is 16.4 Å². The molecule has 1 amide bonds. The predicted octanol–water partition coefficient (Wildman–Crippen LogP) is 2.30. The highest BCUT2D eigenvalue weighted by Crippen LogP contribution is 2.41. The molecule has 0 aliphatic heterocycles. The van der Waals surface area contributed by atoms with Gasteiger partial charge in [0, 0.05) is 22.5 Å². The summed E-state index contributed by atoms with van der Waals surface area (Å²) in [6.45, 7) is -0.232. The van der Waals surface area contributed by atoms with Gasteiger partial charge in [0.05, 0.1) is 23.1 Å². The van der Waals surface area contributed by atoms with Crippen LogP contribution in [0.4, 0.5) is 5.69 Å². The Bertz CT molecular complexity index is 1230. The smallest absolute Gasteiger partial charge is 0.275 e. The molecule has 1 fully saturated rings. The van der Waals surface area contributed by atoms with Crippen LogP contribution >= 0.6 is 11.6 Å². The Labute approximate surface area is 164 Å². The minimum atomic E-state index is -0.418. The van der Waals surface area contributed by atoms with Crippen LogP contribution in [0.25, 0.3) is 10.8 Å². The van der Waals surface area contributed by atoms with Crippen molar-refractivity contribution in [3.8, 4) is 0 Å². The number of halogens is 1. The van der Waals surface area contributed by atoms with Gasteiger partial charge in [-0.2, -0.15) is 5.10 Å². The first-order valence-corrected chi connectivity index (χ1v) is 9.11. The van der Waals surface area contributed by atoms with Gasteiger partial charge in [-0.3, -0.25) is 25.0 Å². The summed E-state index contributed by atoms with van der Waals surface area (Å²) in [5.74, 6) is -0.133. The Morgan fingerprint density at radius 2 is 2.07 bits per heavy atom. The SMILES string of the molecule is N=Cn1cc(NC(=O)Cn2nc(C3CC3)c3cc(Cl)ccc3c2=O)ccc1=N. The standard InChI is InChI=1S/C19H17ClN6O2/c20-12-3-5-14-15(7-12)18(11-1-2-11)24-26(19(14)28)9-17(27)23-13-4-6-16(22)25(8-13)10-21/h3-8,10-11,21-22H,1-2,9H2,(H,23,27). The van der Waals surface area contributed by atoms with Gasteiger partial charge in [0.15, 0.2) is 0 Å². The number of rotatable bonds is 5. The quantitative estimate of drug-likeness (QED) is 0.453. The van der Waals surface area contributed by atoms with Crippen molar-refractivity contribution in [1.29, 1.82) is 10.8 Å². The van der Waals surface area contributed by atoms with E-state index in [0.717, 1.165) is 30.3 Å². The van der Waals surface area contributed by atoms with E-state index < -0.39 is 5.91 Å². The summed E-state index contributed by atoms with van der Waals surface area (Å²) >= 11 is 6.09. The second-order valence-electron chi connectivity index (χ2n) is 6.70. The molecule has 0 atom stereocenters. The van der Waals surface area contributed by atoms with Crippen LogP contribution in [0.3, 0.4) is 0 Å². The third-order valence-electron chi connectivity index (χ3n) is 4.61. The Kier molecular flexibility index (Phi) is 4.56. The minimum Gasteiger partial charge on any atom is -0.323 e. The van der Waals surface area contributed by atoms with Crippen LogP contribution in [0.15, 0.2) is 41.3 Å². The van der Waals surface area contributed by atoms with Gasteiger partial charge < -0.3 is 5.32 Å². The number of amides is 1. The topological polar surface area (TPSA) is 117 Å². The number of hydrogen-bond donors (Lipinski definition) is 3. The summed E-state index contributed by atoms with van der Waals surface area (Å²) in [6.07, 6.45) is 4.44. The summed E-state index contributed by atoms with van der Waals surface area (Å²) in [6, 6.07) is 8.11. The zero-order valence-corrected chi connectivity index (χ0v) is 15.5. The van der Waals surface area contributed by atoms with Gasteiger partial charge in [0.2, 0.25) is 5.91 Å². The normalized spacial score (nSPS) is 13.5. The molecule has 0 spiro atoms. The van der Waals surface area contributed by atoms with E-state index in [1.165, 1.54) is 21.5 Å². The summed E-state index contributed by atoms with van der Waals surface area (Å²) in [7, 11) is 0. The maximum absolute atomic E-state index is 12.8. The highest BCUT2D eigenvalue weighted by molar-refractivity contribution is 6.31. The maximum atomic E-state index is 12.8. The molecular formula is C19H17ClN6O2. The van der Waals surface area contributed by atoms with Crippen molar-refractivity contribution in [3.63, 3.8) is 0 Å². The predicted molar refractivity (Wildman–Crippen MR) is 106 cm³/mol. The fourth-order valence-corrected chi connectivity index (χ4v) is 3.26. The number of aromatic nitrogens is 3. The molecule has 0 bridgehead atoms. The third kappa shape index (κ3) is 3.46. The molecule has 1 saturated carbocycles. The number of nitrogens with one attached hydrogen (secondary N) is 3. The van der Waals surface area contributed by atoms with E-state index >= 15 is 0 Å². The van der Waals surface area contributed by atoms with E-state index in [-0.39, 0.29) is 23.5 Å². The van der Waals surface area contributed by atoms with Gasteiger partial charge in [0.25, 0.3) is 5.56 Å². The third-order valence-corrected chi connectivity index (χ3v) is 4.84. The monoisotopic (exact) mass is 396 g/mol. The van der Waals surface area contributed by atoms with Gasteiger partial charge >= 0.3 is 0 Å². The summed E-state index contributed by atoms with van der Waals surface area (Å²) < 4.78 is 2.44. The molecule has 9 heteroatoms. The molecular weight excluding hydrogens is 380 g/mol. The Balaban J connectivity index is 1.66. The van der Waals surface area contributed by atoms with Gasteiger partial charge in [-0.15, -0.1) is 0 Å². The molecule has 1 aromatic carbocycles. The lowest BCUT2D eigenvalue weighted by atomic mass is 10.1. The fraction of sp³-hybridized carbons (Fsp3) is 0.211. The Morgan fingerprint density at radius 1 is 1.29 bits per heavy atom. The zero-order valence-electron chi connectivity index (χ0n) is 14.8. The van der Waals surface area contributed by atoms with Gasteiger partial charge in [-0.05, 0) is 43.2 Å². The molecule has 28 heavy (non-hydrogen) atoms. The van der Waals surface area contributed by atoms with Crippen LogP contribution in [-0.2, 0) is 11.3 Å². The van der Waals surface area contributed by atoms with Crippen molar-refractivity contribution in [3.05, 3.63) is 63.1 Å². The number of carbonyl (C=O) groups is 1. The van der Waals surface area contributed by atoms with Gasteiger partial charge in [0.1, 0.15) is 12.0 Å². The summed E-state index contributed by atoms with van der Waals surface area (Å²) in [5.41, 5.74) is 0.994. The Hall–Kier alpha value is -3.26. The number of anilines is 1. The van der Waals surface area contributed by atoms with Crippen molar-refractivity contribution in [2.45, 2.75) is 25.3 Å². The van der Waals surface area contributed by atoms with Crippen LogP contribution in [0, 0.1) is 10.8 Å². The molecule has 0 saturated heterocycles. The van der Waals surface area contributed by atoms with Gasteiger partial charge in [-0.1, -0.05) is 11.6 Å². The molecule has 142 valence electrons. The van der Waals surface area contributed by atoms with Crippen molar-refractivity contribution in [2.24, 2.45) is 0 Å². The first kappa shape index (κ1) is 18.1. The van der Waals surface area contributed by atoms with Crippen molar-refractivity contribution >= 4 is 40.3 Å². The zero-order chi connectivity index (χ0) is 19.8. The molecule has 3 N–H and O–H groups in total. The van der Waals surface area contributed by atoms with E-state index in [9.17, 15) is 9.59 Å². The molecule has 1 aliphatic carbocycles. The number of pyridine rings is 1. The fourth-order valence-electron chi connectivity index (χ4n) is 3.08. The first-order chi connectivity index (χ1) is 13.5. The van der Waals surface area contributed by atoms with E-state index in [1.807, 2.05) is 0 Å². The van der Waals surface area contributed by atoms with Gasteiger partial charge in [-0.25, -0.2) is 4.68 Å². The summed E-state index contributed by atoms with van der Waals surface area (Å²) in [5, 5.41) is 23.8. The average molecular weight is 397 g/mol. The molecule has 2 aromatic heterocycles. The average Bonchev–Trinajstić information content (AvgIpc) is 3.50. The number of fused-ring (bicyclic) bond motifs is 1. The van der Waals surface area contributed by atoms with E-state index in [4.69, 9.17) is 22.4 Å². The molecule has 0 unspecified atom stereocenters. The molecule has 0 radical (unpaired) electrons. The molecule has 4 rings (SSSR count). The lowest BCUT2D eigenvalue weighted by molar-refractivity contribution is -0.117. The first-order valence-electron chi connectivity index (χ1n) is 8.74. The number of benzene rings is 1. The van der Waals surface area contributed by atoms with Crippen LogP contribution in [0.2, 0.25) is 5.02 Å². The van der Waals surface area contributed by atoms with E-state index in [0.29, 0.717) is 16.1 Å². The Morgan fingerprint density at radius 3 is 2.79 bits per heavy atom. The maximum Gasteiger partial charge on any atom is 0.275 e. The highest BCUT2D eigenvalue weighted by Gasteiger charge is 2.29. The largest absolute Gasteiger partial charge is 0.323 e. The minimum absolute atomic E-state index is 0.119. The van der Waals surface area contributed by atoms with Crippen molar-refractivity contribution < 1.29 is 4.79 Å². The molecule has 3 aromatic rings. The van der Waals surface area contributed by atoms with Crippen molar-refractivity contribution in [1.82, 2.24) is 14.3 Å². The van der Waals surface area contributed by atoms with Crippen LogP contribution in [-0.4, -0.2) is 26.6 Å². The molecule has 2 heterocycles. The number of hydrogen-bond acceptors (Lipinski definition) is 5. The molecule has 1 aliphatic rings. The second-order valence-corrected chi connectivity index (χ2v) is 7.14.